The highest BCUT2D eigenvalue weighted by molar-refractivity contribution is 5.77. The van der Waals surface area contributed by atoms with E-state index in [0.29, 0.717) is 5.69 Å². The molecule has 0 saturated carbocycles. The highest BCUT2D eigenvalue weighted by Gasteiger charge is 2.38. The molecular weight excluding hydrogens is 200 g/mol. The maximum atomic E-state index is 11.2. The van der Waals surface area contributed by atoms with Gasteiger partial charge in [0.1, 0.15) is 6.04 Å². The summed E-state index contributed by atoms with van der Waals surface area (Å²) in [4.78, 5) is 28.2. The maximum absolute atomic E-state index is 11.2. The van der Waals surface area contributed by atoms with Gasteiger partial charge in [-0.2, -0.15) is 0 Å². The quantitative estimate of drug-likeness (QED) is 0.530. The SMILES string of the molecule is O=C1CC[C@@H]([N+](=O)[O-])[C@H](c2cnc[nH]2)N1. The second kappa shape index (κ2) is 3.68. The first-order valence-corrected chi connectivity index (χ1v) is 4.59. The molecule has 1 aliphatic rings. The van der Waals surface area contributed by atoms with Crippen LogP contribution < -0.4 is 5.32 Å². The smallest absolute Gasteiger partial charge is 0.239 e. The number of imidazole rings is 1. The molecule has 7 nitrogen and oxygen atoms in total. The van der Waals surface area contributed by atoms with E-state index in [1.807, 2.05) is 0 Å². The Morgan fingerprint density at radius 1 is 1.60 bits per heavy atom. The minimum Gasteiger partial charge on any atom is -0.347 e. The second-order valence-electron chi connectivity index (χ2n) is 3.44. The van der Waals surface area contributed by atoms with Gasteiger partial charge in [-0.05, 0) is 0 Å². The fourth-order valence-electron chi connectivity index (χ4n) is 1.74. The van der Waals surface area contributed by atoms with Gasteiger partial charge in [-0.15, -0.1) is 0 Å². The number of nitro groups is 1. The normalized spacial score (nSPS) is 26.0. The van der Waals surface area contributed by atoms with E-state index < -0.39 is 12.1 Å². The van der Waals surface area contributed by atoms with Gasteiger partial charge in [0.25, 0.3) is 0 Å². The van der Waals surface area contributed by atoms with Gasteiger partial charge in [0.2, 0.25) is 11.9 Å². The van der Waals surface area contributed by atoms with Crippen LogP contribution in [0.1, 0.15) is 24.6 Å². The number of hydrogen-bond acceptors (Lipinski definition) is 4. The van der Waals surface area contributed by atoms with E-state index in [1.54, 1.807) is 0 Å². The van der Waals surface area contributed by atoms with Crippen LogP contribution in [0.4, 0.5) is 0 Å². The zero-order valence-corrected chi connectivity index (χ0v) is 7.84. The van der Waals surface area contributed by atoms with Crippen molar-refractivity contribution in [2.45, 2.75) is 24.9 Å². The zero-order chi connectivity index (χ0) is 10.8. The third kappa shape index (κ3) is 1.80. The lowest BCUT2D eigenvalue weighted by atomic mass is 9.96. The molecule has 2 N–H and O–H groups in total. The number of rotatable bonds is 2. The molecule has 0 spiro atoms. The molecule has 2 heterocycles. The topological polar surface area (TPSA) is 101 Å². The molecule has 2 atom stereocenters. The number of carbonyl (C=O) groups excluding carboxylic acids is 1. The number of carbonyl (C=O) groups is 1. The molecule has 0 unspecified atom stereocenters. The Kier molecular flexibility index (Phi) is 2.36. The van der Waals surface area contributed by atoms with Gasteiger partial charge in [0, 0.05) is 17.8 Å². The first-order chi connectivity index (χ1) is 7.18. The van der Waals surface area contributed by atoms with Crippen LogP contribution in [0.2, 0.25) is 0 Å². The van der Waals surface area contributed by atoms with Crippen LogP contribution >= 0.6 is 0 Å². The van der Waals surface area contributed by atoms with Crippen LogP contribution in [0, 0.1) is 10.1 Å². The molecule has 1 aromatic rings. The van der Waals surface area contributed by atoms with Crippen molar-refractivity contribution >= 4 is 5.91 Å². The number of H-pyrrole nitrogens is 1. The van der Waals surface area contributed by atoms with E-state index >= 15 is 0 Å². The zero-order valence-electron chi connectivity index (χ0n) is 7.84. The Hall–Kier alpha value is -1.92. The molecule has 0 aromatic carbocycles. The van der Waals surface area contributed by atoms with Gasteiger partial charge in [-0.1, -0.05) is 0 Å². The monoisotopic (exact) mass is 210 g/mol. The average Bonchev–Trinajstić information content (AvgIpc) is 2.69. The highest BCUT2D eigenvalue weighted by Crippen LogP contribution is 2.24. The molecule has 1 fully saturated rings. The number of nitrogens with zero attached hydrogens (tertiary/aromatic N) is 2. The summed E-state index contributed by atoms with van der Waals surface area (Å²) in [7, 11) is 0. The number of amides is 1. The summed E-state index contributed by atoms with van der Waals surface area (Å²) in [6, 6.07) is -1.37. The molecule has 1 saturated heterocycles. The van der Waals surface area contributed by atoms with Crippen LogP contribution in [0.15, 0.2) is 12.5 Å². The molecule has 0 radical (unpaired) electrons. The van der Waals surface area contributed by atoms with E-state index in [-0.39, 0.29) is 23.7 Å². The summed E-state index contributed by atoms with van der Waals surface area (Å²) >= 11 is 0. The minimum atomic E-state index is -0.775. The summed E-state index contributed by atoms with van der Waals surface area (Å²) in [6.45, 7) is 0. The second-order valence-corrected chi connectivity index (χ2v) is 3.44. The van der Waals surface area contributed by atoms with Crippen LogP contribution in [0.5, 0.6) is 0 Å². The molecule has 15 heavy (non-hydrogen) atoms. The van der Waals surface area contributed by atoms with Crippen molar-refractivity contribution in [1.82, 2.24) is 15.3 Å². The number of piperidine rings is 1. The lowest BCUT2D eigenvalue weighted by molar-refractivity contribution is -0.529. The van der Waals surface area contributed by atoms with Gasteiger partial charge >= 0.3 is 0 Å². The molecule has 7 heteroatoms. The van der Waals surface area contributed by atoms with Gasteiger partial charge in [0.05, 0.1) is 18.2 Å². The minimum absolute atomic E-state index is 0.160. The van der Waals surface area contributed by atoms with Gasteiger partial charge in [-0.25, -0.2) is 4.98 Å². The lowest BCUT2D eigenvalue weighted by Crippen LogP contribution is -2.45. The fraction of sp³-hybridized carbons (Fsp3) is 0.500. The standard InChI is InChI=1S/C8H10N4O3/c13-7-2-1-6(12(14)15)8(11-7)5-3-9-4-10-5/h3-4,6,8H,1-2H2,(H,9,10)(H,11,13)/t6-,8+/m1/s1. The predicted molar refractivity (Wildman–Crippen MR) is 49.5 cm³/mol. The number of aromatic nitrogens is 2. The van der Waals surface area contributed by atoms with E-state index in [4.69, 9.17) is 0 Å². The third-order valence-electron chi connectivity index (χ3n) is 2.49. The number of hydrogen-bond donors (Lipinski definition) is 2. The van der Waals surface area contributed by atoms with Crippen LogP contribution in [0.25, 0.3) is 0 Å². The van der Waals surface area contributed by atoms with E-state index in [2.05, 4.69) is 15.3 Å². The molecule has 80 valence electrons. The first kappa shape index (κ1) is 9.63. The molecule has 1 aliphatic heterocycles. The number of nitrogens with one attached hydrogen (secondary N) is 2. The van der Waals surface area contributed by atoms with Crippen molar-refractivity contribution < 1.29 is 9.72 Å². The summed E-state index contributed by atoms with van der Waals surface area (Å²) in [6.07, 6.45) is 3.40. The van der Waals surface area contributed by atoms with Crippen molar-refractivity contribution in [2.75, 3.05) is 0 Å². The fourth-order valence-corrected chi connectivity index (χ4v) is 1.74. The summed E-state index contributed by atoms with van der Waals surface area (Å²) in [5.74, 6) is -0.160. The number of aromatic amines is 1. The third-order valence-corrected chi connectivity index (χ3v) is 2.49. The van der Waals surface area contributed by atoms with Crippen molar-refractivity contribution in [3.63, 3.8) is 0 Å². The predicted octanol–water partition coefficient (Wildman–Crippen LogP) is 0.00610. The maximum Gasteiger partial charge on any atom is 0.239 e. The Labute approximate surface area is 85.0 Å². The van der Waals surface area contributed by atoms with Crippen molar-refractivity contribution in [2.24, 2.45) is 0 Å². The highest BCUT2D eigenvalue weighted by atomic mass is 16.6. The molecule has 0 aliphatic carbocycles. The Morgan fingerprint density at radius 2 is 2.40 bits per heavy atom. The van der Waals surface area contributed by atoms with Crippen molar-refractivity contribution in [3.05, 3.63) is 28.3 Å². The Morgan fingerprint density at radius 3 is 3.00 bits per heavy atom. The summed E-state index contributed by atoms with van der Waals surface area (Å²) in [5.41, 5.74) is 0.574. The van der Waals surface area contributed by atoms with Gasteiger partial charge < -0.3 is 10.3 Å². The summed E-state index contributed by atoms with van der Waals surface area (Å²) < 4.78 is 0. The van der Waals surface area contributed by atoms with Gasteiger partial charge in [-0.3, -0.25) is 14.9 Å². The molecule has 1 aromatic heterocycles. The summed E-state index contributed by atoms with van der Waals surface area (Å²) in [5, 5.41) is 13.4. The molecular formula is C8H10N4O3. The lowest BCUT2D eigenvalue weighted by Gasteiger charge is -2.25. The Bertz CT molecular complexity index is 375. The van der Waals surface area contributed by atoms with Crippen molar-refractivity contribution in [3.8, 4) is 0 Å². The largest absolute Gasteiger partial charge is 0.347 e. The van der Waals surface area contributed by atoms with Gasteiger partial charge in [0.15, 0.2) is 0 Å². The van der Waals surface area contributed by atoms with Crippen LogP contribution in [0.3, 0.4) is 0 Å². The molecule has 2 rings (SSSR count). The van der Waals surface area contributed by atoms with Crippen LogP contribution in [-0.2, 0) is 4.79 Å². The van der Waals surface area contributed by atoms with E-state index in [9.17, 15) is 14.9 Å². The molecule has 1 amide bonds. The average molecular weight is 210 g/mol. The van der Waals surface area contributed by atoms with Crippen LogP contribution in [-0.4, -0.2) is 26.8 Å². The Balaban J connectivity index is 2.24. The van der Waals surface area contributed by atoms with E-state index in [1.165, 1.54) is 12.5 Å². The van der Waals surface area contributed by atoms with E-state index in [0.717, 1.165) is 0 Å². The van der Waals surface area contributed by atoms with Crippen molar-refractivity contribution in [1.29, 1.82) is 0 Å². The molecule has 0 bridgehead atoms. The first-order valence-electron chi connectivity index (χ1n) is 4.59.